The van der Waals surface area contributed by atoms with E-state index >= 15 is 0 Å². The fraction of sp³-hybridized carbons (Fsp3) is 1.00. The van der Waals surface area contributed by atoms with Crippen LogP contribution in [0.15, 0.2) is 0 Å². The molecule has 1 aliphatic rings. The van der Waals surface area contributed by atoms with Crippen molar-refractivity contribution in [3.05, 3.63) is 0 Å². The Morgan fingerprint density at radius 1 is 0.818 bits per heavy atom. The molecule has 2 heteroatoms. The number of rotatable bonds is 0. The zero-order valence-electron chi connectivity index (χ0n) is 8.73. The van der Waals surface area contributed by atoms with Gasteiger partial charge in [0.1, 0.15) is 0 Å². The van der Waals surface area contributed by atoms with Crippen molar-refractivity contribution >= 4 is 0 Å². The van der Waals surface area contributed by atoms with Gasteiger partial charge in [0.25, 0.3) is 0 Å². The Hall–Kier alpha value is -0.0800. The molecular weight excluding hydrogens is 140 g/mol. The number of hydrogen-bond acceptors (Lipinski definition) is 2. The maximum absolute atomic E-state index is 5.12. The highest BCUT2D eigenvalue weighted by atomic mass is 16.7. The molecule has 0 radical (unpaired) electrons. The molecule has 0 aliphatic carbocycles. The molecule has 1 rings (SSSR count). The fourth-order valence-corrected chi connectivity index (χ4v) is 0.617. The molecule has 0 atom stereocenters. The molecule has 0 saturated carbocycles. The van der Waals surface area contributed by atoms with E-state index in [1.54, 1.807) is 0 Å². The largest absolute Gasteiger partial charge is 0.348 e. The summed E-state index contributed by atoms with van der Waals surface area (Å²) >= 11 is 0. The summed E-state index contributed by atoms with van der Waals surface area (Å²) in [5, 5.41) is 0. The summed E-state index contributed by atoms with van der Waals surface area (Å²) in [7, 11) is 0. The molecule has 0 aromatic heterocycles. The lowest BCUT2D eigenvalue weighted by Crippen LogP contribution is -2.18. The van der Waals surface area contributed by atoms with Crippen LogP contribution >= 0.6 is 0 Å². The first kappa shape index (κ1) is 13.5. The third-order valence-electron chi connectivity index (χ3n) is 0.983. The average Bonchev–Trinajstić information content (AvgIpc) is 2.43. The Kier molecular flexibility index (Phi) is 9.85. The third-order valence-corrected chi connectivity index (χ3v) is 0.983. The Balaban J connectivity index is 0. The second kappa shape index (κ2) is 8.02. The van der Waals surface area contributed by atoms with Crippen LogP contribution < -0.4 is 0 Å². The van der Waals surface area contributed by atoms with Crippen molar-refractivity contribution in [2.24, 2.45) is 0 Å². The van der Waals surface area contributed by atoms with E-state index in [0.29, 0.717) is 0 Å². The van der Waals surface area contributed by atoms with Gasteiger partial charge in [-0.2, -0.15) is 0 Å². The highest BCUT2D eigenvalue weighted by Crippen LogP contribution is 2.15. The molecular formula is C9H22O2. The van der Waals surface area contributed by atoms with Crippen LogP contribution in [0.4, 0.5) is 0 Å². The first-order valence-electron chi connectivity index (χ1n) is 4.49. The SMILES string of the molecule is CC.CC.CC1(C)OCCO1. The summed E-state index contributed by atoms with van der Waals surface area (Å²) in [4.78, 5) is 0. The monoisotopic (exact) mass is 162 g/mol. The van der Waals surface area contributed by atoms with Crippen molar-refractivity contribution in [2.45, 2.75) is 47.3 Å². The molecule has 1 aliphatic heterocycles. The zero-order chi connectivity index (χ0) is 9.33. The highest BCUT2D eigenvalue weighted by Gasteiger charge is 2.23. The minimum atomic E-state index is -0.306. The van der Waals surface area contributed by atoms with Crippen molar-refractivity contribution < 1.29 is 9.47 Å². The molecule has 1 fully saturated rings. The summed E-state index contributed by atoms with van der Waals surface area (Å²) in [6.07, 6.45) is 0. The lowest BCUT2D eigenvalue weighted by atomic mass is 10.4. The van der Waals surface area contributed by atoms with Gasteiger partial charge in [0.05, 0.1) is 13.2 Å². The van der Waals surface area contributed by atoms with Gasteiger partial charge in [-0.05, 0) is 13.8 Å². The van der Waals surface area contributed by atoms with E-state index in [-0.39, 0.29) is 5.79 Å². The Bertz CT molecular complexity index is 62.0. The molecule has 1 saturated heterocycles. The van der Waals surface area contributed by atoms with Gasteiger partial charge in [-0.3, -0.25) is 0 Å². The first-order valence-corrected chi connectivity index (χ1v) is 4.49. The van der Waals surface area contributed by atoms with Crippen LogP contribution in [0, 0.1) is 0 Å². The van der Waals surface area contributed by atoms with Gasteiger partial charge in [0.15, 0.2) is 5.79 Å². The highest BCUT2D eigenvalue weighted by molar-refractivity contribution is 4.58. The molecule has 1 heterocycles. The van der Waals surface area contributed by atoms with Crippen LogP contribution in [0.2, 0.25) is 0 Å². The fourth-order valence-electron chi connectivity index (χ4n) is 0.617. The summed E-state index contributed by atoms with van der Waals surface area (Å²) in [5.74, 6) is -0.306. The van der Waals surface area contributed by atoms with Gasteiger partial charge in [-0.1, -0.05) is 27.7 Å². The molecule has 70 valence electrons. The number of ether oxygens (including phenoxy) is 2. The maximum Gasteiger partial charge on any atom is 0.162 e. The van der Waals surface area contributed by atoms with Crippen LogP contribution in [0.5, 0.6) is 0 Å². The van der Waals surface area contributed by atoms with Gasteiger partial charge < -0.3 is 9.47 Å². The molecule has 0 bridgehead atoms. The molecule has 0 unspecified atom stereocenters. The summed E-state index contributed by atoms with van der Waals surface area (Å²) in [6, 6.07) is 0. The van der Waals surface area contributed by atoms with Crippen molar-refractivity contribution in [3.8, 4) is 0 Å². The van der Waals surface area contributed by atoms with E-state index in [0.717, 1.165) is 13.2 Å². The second-order valence-electron chi connectivity index (χ2n) is 2.10. The Morgan fingerprint density at radius 2 is 1.09 bits per heavy atom. The summed E-state index contributed by atoms with van der Waals surface area (Å²) in [6.45, 7) is 13.3. The summed E-state index contributed by atoms with van der Waals surface area (Å²) in [5.41, 5.74) is 0. The van der Waals surface area contributed by atoms with Crippen LogP contribution in [-0.2, 0) is 9.47 Å². The molecule has 0 aromatic rings. The van der Waals surface area contributed by atoms with Crippen LogP contribution in [0.25, 0.3) is 0 Å². The van der Waals surface area contributed by atoms with E-state index in [4.69, 9.17) is 9.47 Å². The predicted octanol–water partition coefficient (Wildman–Crippen LogP) is 2.82. The Labute approximate surface area is 70.9 Å². The minimum Gasteiger partial charge on any atom is -0.348 e. The normalized spacial score (nSPS) is 19.1. The smallest absolute Gasteiger partial charge is 0.162 e. The quantitative estimate of drug-likeness (QED) is 0.545. The molecule has 0 amide bonds. The van der Waals surface area contributed by atoms with Gasteiger partial charge in [-0.25, -0.2) is 0 Å². The zero-order valence-corrected chi connectivity index (χ0v) is 8.73. The lowest BCUT2D eigenvalue weighted by molar-refractivity contribution is -0.125. The van der Waals surface area contributed by atoms with Crippen molar-refractivity contribution in [2.75, 3.05) is 13.2 Å². The van der Waals surface area contributed by atoms with Gasteiger partial charge in [0.2, 0.25) is 0 Å². The van der Waals surface area contributed by atoms with E-state index in [9.17, 15) is 0 Å². The van der Waals surface area contributed by atoms with Crippen molar-refractivity contribution in [1.82, 2.24) is 0 Å². The van der Waals surface area contributed by atoms with Gasteiger partial charge in [-0.15, -0.1) is 0 Å². The maximum atomic E-state index is 5.12. The van der Waals surface area contributed by atoms with E-state index in [1.165, 1.54) is 0 Å². The Morgan fingerprint density at radius 3 is 1.18 bits per heavy atom. The summed E-state index contributed by atoms with van der Waals surface area (Å²) < 4.78 is 10.2. The standard InChI is InChI=1S/C5H10O2.2C2H6/c1-5(2)6-3-4-7-5;2*1-2/h3-4H2,1-2H3;2*1-2H3. The first-order chi connectivity index (χ1) is 5.21. The average molecular weight is 162 g/mol. The van der Waals surface area contributed by atoms with E-state index in [1.807, 2.05) is 41.5 Å². The van der Waals surface area contributed by atoms with Crippen molar-refractivity contribution in [3.63, 3.8) is 0 Å². The molecule has 0 aromatic carbocycles. The van der Waals surface area contributed by atoms with Gasteiger partial charge >= 0.3 is 0 Å². The molecule has 0 N–H and O–H groups in total. The van der Waals surface area contributed by atoms with E-state index < -0.39 is 0 Å². The van der Waals surface area contributed by atoms with E-state index in [2.05, 4.69) is 0 Å². The molecule has 11 heavy (non-hydrogen) atoms. The van der Waals surface area contributed by atoms with Crippen LogP contribution in [0.1, 0.15) is 41.5 Å². The lowest BCUT2D eigenvalue weighted by Gasteiger charge is -2.13. The number of hydrogen-bond donors (Lipinski definition) is 0. The minimum absolute atomic E-state index is 0.306. The van der Waals surface area contributed by atoms with Crippen LogP contribution in [-0.4, -0.2) is 19.0 Å². The molecule has 2 nitrogen and oxygen atoms in total. The predicted molar refractivity (Wildman–Crippen MR) is 48.7 cm³/mol. The van der Waals surface area contributed by atoms with Crippen molar-refractivity contribution in [1.29, 1.82) is 0 Å². The second-order valence-corrected chi connectivity index (χ2v) is 2.10. The van der Waals surface area contributed by atoms with Crippen LogP contribution in [0.3, 0.4) is 0 Å². The third kappa shape index (κ3) is 7.82. The van der Waals surface area contributed by atoms with Gasteiger partial charge in [0, 0.05) is 0 Å². The topological polar surface area (TPSA) is 18.5 Å². The molecule has 0 spiro atoms.